The van der Waals surface area contributed by atoms with Crippen LogP contribution in [0.2, 0.25) is 0 Å². The summed E-state index contributed by atoms with van der Waals surface area (Å²) in [6.45, 7) is 4.62. The van der Waals surface area contributed by atoms with Crippen LogP contribution in [0.1, 0.15) is 16.2 Å². The molecule has 2 amide bonds. The van der Waals surface area contributed by atoms with Gasteiger partial charge in [-0.15, -0.1) is 10.2 Å². The summed E-state index contributed by atoms with van der Waals surface area (Å²) in [4.78, 5) is 32.5. The third kappa shape index (κ3) is 4.12. The Morgan fingerprint density at radius 3 is 2.71 bits per heavy atom. The second-order valence-electron chi connectivity index (χ2n) is 5.52. The minimum Gasteiger partial charge on any atom is -0.335 e. The van der Waals surface area contributed by atoms with E-state index in [1.165, 1.54) is 11.3 Å². The lowest BCUT2D eigenvalue weighted by atomic mass is 10.2. The molecule has 0 aliphatic carbocycles. The van der Waals surface area contributed by atoms with Gasteiger partial charge in [-0.2, -0.15) is 0 Å². The van der Waals surface area contributed by atoms with Crippen LogP contribution in [0.15, 0.2) is 23.7 Å². The van der Waals surface area contributed by atoms with E-state index in [2.05, 4.69) is 20.5 Å². The number of aromatic nitrogens is 3. The number of aryl methyl sites for hydroxylation is 1. The molecule has 2 aromatic heterocycles. The second-order valence-corrected chi connectivity index (χ2v) is 6.36. The Hall–Kier alpha value is -2.39. The minimum absolute atomic E-state index is 0.0586. The van der Waals surface area contributed by atoms with Crippen molar-refractivity contribution in [3.05, 3.63) is 35.1 Å². The number of nitrogens with one attached hydrogen (secondary N) is 1. The van der Waals surface area contributed by atoms with Crippen LogP contribution in [0.5, 0.6) is 0 Å². The Balaban J connectivity index is 1.48. The number of piperazine rings is 1. The normalized spacial score (nSPS) is 15.3. The molecule has 0 bridgehead atoms. The zero-order valence-electron chi connectivity index (χ0n) is 13.3. The fourth-order valence-corrected chi connectivity index (χ4v) is 2.98. The molecule has 24 heavy (non-hydrogen) atoms. The molecule has 1 aliphatic heterocycles. The maximum Gasteiger partial charge on any atom is 0.272 e. The van der Waals surface area contributed by atoms with Gasteiger partial charge in [-0.1, -0.05) is 17.4 Å². The third-order valence-corrected chi connectivity index (χ3v) is 4.35. The minimum atomic E-state index is -0.119. The fraction of sp³-hybridized carbons (Fsp3) is 0.400. The molecule has 1 N–H and O–H groups in total. The average molecular weight is 346 g/mol. The smallest absolute Gasteiger partial charge is 0.272 e. The van der Waals surface area contributed by atoms with Crippen molar-refractivity contribution in [2.75, 3.05) is 38.0 Å². The molecule has 3 heterocycles. The van der Waals surface area contributed by atoms with Crippen molar-refractivity contribution in [2.24, 2.45) is 0 Å². The zero-order chi connectivity index (χ0) is 16.9. The number of amides is 2. The van der Waals surface area contributed by atoms with E-state index < -0.39 is 0 Å². The van der Waals surface area contributed by atoms with Crippen LogP contribution in [0.25, 0.3) is 0 Å². The van der Waals surface area contributed by atoms with Crippen molar-refractivity contribution in [1.82, 2.24) is 25.0 Å². The fourth-order valence-electron chi connectivity index (χ4n) is 2.52. The zero-order valence-corrected chi connectivity index (χ0v) is 14.1. The molecule has 0 radical (unpaired) electrons. The van der Waals surface area contributed by atoms with Crippen LogP contribution < -0.4 is 5.32 Å². The van der Waals surface area contributed by atoms with E-state index in [0.717, 1.165) is 5.69 Å². The highest BCUT2D eigenvalue weighted by atomic mass is 32.1. The Kier molecular flexibility index (Phi) is 5.11. The van der Waals surface area contributed by atoms with Gasteiger partial charge in [0, 0.05) is 31.9 Å². The van der Waals surface area contributed by atoms with E-state index in [-0.39, 0.29) is 18.4 Å². The Morgan fingerprint density at radius 2 is 2.04 bits per heavy atom. The molecule has 0 unspecified atom stereocenters. The molecule has 0 aromatic carbocycles. The van der Waals surface area contributed by atoms with Gasteiger partial charge in [-0.05, 0) is 19.1 Å². The highest BCUT2D eigenvalue weighted by Crippen LogP contribution is 2.10. The van der Waals surface area contributed by atoms with Gasteiger partial charge in [0.1, 0.15) is 11.2 Å². The lowest BCUT2D eigenvalue weighted by molar-refractivity contribution is -0.117. The predicted octanol–water partition coefficient (Wildman–Crippen LogP) is 0.638. The molecule has 126 valence electrons. The van der Waals surface area contributed by atoms with Crippen LogP contribution in [0, 0.1) is 6.92 Å². The van der Waals surface area contributed by atoms with Gasteiger partial charge in [-0.3, -0.25) is 19.8 Å². The van der Waals surface area contributed by atoms with E-state index in [0.29, 0.717) is 37.0 Å². The van der Waals surface area contributed by atoms with Crippen molar-refractivity contribution >= 4 is 28.3 Å². The first-order valence-electron chi connectivity index (χ1n) is 7.63. The second kappa shape index (κ2) is 7.45. The SMILES string of the molecule is Cc1cccc(C(=O)N2CCN(CC(=O)Nc3nncs3)CC2)n1. The van der Waals surface area contributed by atoms with Crippen molar-refractivity contribution in [3.63, 3.8) is 0 Å². The maximum atomic E-state index is 12.4. The summed E-state index contributed by atoms with van der Waals surface area (Å²) in [5, 5.41) is 10.7. The van der Waals surface area contributed by atoms with Gasteiger partial charge >= 0.3 is 0 Å². The number of anilines is 1. The van der Waals surface area contributed by atoms with Crippen molar-refractivity contribution in [1.29, 1.82) is 0 Å². The maximum absolute atomic E-state index is 12.4. The highest BCUT2D eigenvalue weighted by Gasteiger charge is 2.24. The summed E-state index contributed by atoms with van der Waals surface area (Å²) >= 11 is 1.28. The molecule has 0 saturated carbocycles. The van der Waals surface area contributed by atoms with E-state index in [1.807, 2.05) is 24.0 Å². The number of hydrogen-bond acceptors (Lipinski definition) is 7. The molecule has 1 fully saturated rings. The first kappa shape index (κ1) is 16.5. The van der Waals surface area contributed by atoms with Crippen LogP contribution >= 0.6 is 11.3 Å². The lowest BCUT2D eigenvalue weighted by Crippen LogP contribution is -2.50. The van der Waals surface area contributed by atoms with Gasteiger partial charge in [-0.25, -0.2) is 4.98 Å². The van der Waals surface area contributed by atoms with E-state index >= 15 is 0 Å². The highest BCUT2D eigenvalue weighted by molar-refractivity contribution is 7.13. The Morgan fingerprint density at radius 1 is 1.25 bits per heavy atom. The molecule has 1 aliphatic rings. The van der Waals surface area contributed by atoms with E-state index in [9.17, 15) is 9.59 Å². The Labute approximate surface area is 143 Å². The largest absolute Gasteiger partial charge is 0.335 e. The monoisotopic (exact) mass is 346 g/mol. The van der Waals surface area contributed by atoms with E-state index in [1.54, 1.807) is 16.5 Å². The quantitative estimate of drug-likeness (QED) is 0.873. The van der Waals surface area contributed by atoms with Gasteiger partial charge in [0.15, 0.2) is 0 Å². The topological polar surface area (TPSA) is 91.3 Å². The van der Waals surface area contributed by atoms with Crippen molar-refractivity contribution < 1.29 is 9.59 Å². The molecule has 9 heteroatoms. The number of carbonyl (C=O) groups is 2. The number of nitrogens with zero attached hydrogens (tertiary/aromatic N) is 5. The first-order chi connectivity index (χ1) is 11.6. The number of hydrogen-bond donors (Lipinski definition) is 1. The molecule has 8 nitrogen and oxygen atoms in total. The van der Waals surface area contributed by atoms with Crippen LogP contribution in [-0.2, 0) is 4.79 Å². The molecular weight excluding hydrogens is 328 g/mol. The summed E-state index contributed by atoms with van der Waals surface area (Å²) in [5.74, 6) is -0.177. The molecule has 0 atom stereocenters. The molecule has 1 saturated heterocycles. The summed E-state index contributed by atoms with van der Waals surface area (Å²) in [6.07, 6.45) is 0. The first-order valence-corrected chi connectivity index (χ1v) is 8.51. The van der Waals surface area contributed by atoms with Crippen LogP contribution in [0.4, 0.5) is 5.13 Å². The molecule has 2 aromatic rings. The van der Waals surface area contributed by atoms with Crippen LogP contribution in [0.3, 0.4) is 0 Å². The predicted molar refractivity (Wildman–Crippen MR) is 89.9 cm³/mol. The third-order valence-electron chi connectivity index (χ3n) is 3.74. The van der Waals surface area contributed by atoms with Gasteiger partial charge in [0.05, 0.1) is 6.54 Å². The number of carbonyl (C=O) groups excluding carboxylic acids is 2. The van der Waals surface area contributed by atoms with E-state index in [4.69, 9.17) is 0 Å². The van der Waals surface area contributed by atoms with Gasteiger partial charge in [0.2, 0.25) is 11.0 Å². The Bertz CT molecular complexity index is 713. The molecule has 3 rings (SSSR count). The van der Waals surface area contributed by atoms with Crippen molar-refractivity contribution in [2.45, 2.75) is 6.92 Å². The summed E-state index contributed by atoms with van der Waals surface area (Å²) in [6, 6.07) is 5.44. The standard InChI is InChI=1S/C15H18N6O2S/c1-11-3-2-4-12(17-11)14(23)21-7-5-20(6-8-21)9-13(22)18-15-19-16-10-24-15/h2-4,10H,5-9H2,1H3,(H,18,19,22). The van der Waals surface area contributed by atoms with Gasteiger partial charge in [0.25, 0.3) is 5.91 Å². The van der Waals surface area contributed by atoms with Crippen LogP contribution in [-0.4, -0.2) is 69.5 Å². The van der Waals surface area contributed by atoms with Gasteiger partial charge < -0.3 is 4.90 Å². The number of pyridine rings is 1. The summed E-state index contributed by atoms with van der Waals surface area (Å²) in [7, 11) is 0. The summed E-state index contributed by atoms with van der Waals surface area (Å²) < 4.78 is 0. The average Bonchev–Trinajstić information content (AvgIpc) is 3.07. The molecular formula is C15H18N6O2S. The number of rotatable bonds is 4. The molecule has 0 spiro atoms. The van der Waals surface area contributed by atoms with Crippen molar-refractivity contribution in [3.8, 4) is 0 Å². The summed E-state index contributed by atoms with van der Waals surface area (Å²) in [5.41, 5.74) is 2.87. The lowest BCUT2D eigenvalue weighted by Gasteiger charge is -2.34.